The van der Waals surface area contributed by atoms with E-state index in [9.17, 15) is 14.3 Å². The van der Waals surface area contributed by atoms with Gasteiger partial charge in [-0.2, -0.15) is 0 Å². The largest absolute Gasteiger partial charge is 0.440 e. The van der Waals surface area contributed by atoms with Gasteiger partial charge in [-0.3, -0.25) is 9.36 Å². The minimum atomic E-state index is -3.45. The highest BCUT2D eigenvalue weighted by Gasteiger charge is 2.27. The minimum Gasteiger partial charge on any atom is -0.440 e. The van der Waals surface area contributed by atoms with E-state index >= 15 is 0 Å². The van der Waals surface area contributed by atoms with Crippen molar-refractivity contribution >= 4 is 35.2 Å². The third-order valence-electron chi connectivity index (χ3n) is 6.61. The van der Waals surface area contributed by atoms with Crippen LogP contribution in [0.15, 0.2) is 51.7 Å². The van der Waals surface area contributed by atoms with E-state index in [1.807, 2.05) is 32.0 Å². The highest BCUT2D eigenvalue weighted by atomic mass is 31.2. The van der Waals surface area contributed by atoms with Crippen LogP contribution in [0.5, 0.6) is 0 Å². The highest BCUT2D eigenvalue weighted by molar-refractivity contribution is 7.65. The molecule has 3 aromatic rings. The Morgan fingerprint density at radius 3 is 2.48 bits per heavy atom. The second-order valence-corrected chi connectivity index (χ2v) is 12.3. The van der Waals surface area contributed by atoms with E-state index in [1.54, 1.807) is 24.3 Å². The lowest BCUT2D eigenvalue weighted by Crippen LogP contribution is -2.37. The quantitative estimate of drug-likeness (QED) is 0.486. The fourth-order valence-corrected chi connectivity index (χ4v) is 5.45. The molecule has 0 amide bonds. The summed E-state index contributed by atoms with van der Waals surface area (Å²) in [5, 5.41) is 4.31. The van der Waals surface area contributed by atoms with Gasteiger partial charge in [0, 0.05) is 37.1 Å². The molecule has 4 rings (SSSR count). The van der Waals surface area contributed by atoms with Gasteiger partial charge in [0.05, 0.1) is 16.7 Å². The van der Waals surface area contributed by atoms with E-state index < -0.39 is 7.37 Å². The normalized spacial score (nSPS) is 18.7. The average Bonchev–Trinajstić information content (AvgIpc) is 2.73. The van der Waals surface area contributed by atoms with Crippen LogP contribution < -0.4 is 21.0 Å². The molecule has 2 heterocycles. The number of piperidine rings is 1. The molecule has 1 fully saturated rings. The zero-order chi connectivity index (χ0) is 24.0. The molecule has 1 aliphatic rings. The number of hydrogen-bond acceptors (Lipinski definition) is 5. The molecular weight excluding hydrogens is 435 g/mol. The zero-order valence-corrected chi connectivity index (χ0v) is 20.9. The predicted molar refractivity (Wildman–Crippen MR) is 136 cm³/mol. The Labute approximate surface area is 195 Å². The lowest BCUT2D eigenvalue weighted by Gasteiger charge is -2.37. The smallest absolute Gasteiger partial charge is 0.228 e. The summed E-state index contributed by atoms with van der Waals surface area (Å²) in [5.74, 6) is 0.606. The minimum absolute atomic E-state index is 0.0537. The topological polar surface area (TPSA) is 82.8 Å². The molecule has 7 heteroatoms. The van der Waals surface area contributed by atoms with Gasteiger partial charge in [-0.05, 0) is 55.9 Å². The first-order valence-electron chi connectivity index (χ1n) is 11.4. The third kappa shape index (κ3) is 5.02. The van der Waals surface area contributed by atoms with E-state index in [-0.39, 0.29) is 11.5 Å². The first-order valence-corrected chi connectivity index (χ1v) is 13.5. The molecule has 176 valence electrons. The Hall–Kier alpha value is -2.56. The number of fused-ring (bicyclic) bond motifs is 1. The number of aryl methyl sites for hydroxylation is 1. The Bertz CT molecular complexity index is 1280. The molecule has 1 saturated heterocycles. The summed E-state index contributed by atoms with van der Waals surface area (Å²) in [7, 11) is -3.45. The summed E-state index contributed by atoms with van der Waals surface area (Å²) in [6, 6.07) is 12.3. The summed E-state index contributed by atoms with van der Waals surface area (Å²) in [5.41, 5.74) is 3.22. The number of hydrogen-bond donors (Lipinski definition) is 2. The first kappa shape index (κ1) is 23.6. The second kappa shape index (κ2) is 8.66. The monoisotopic (exact) mass is 468 g/mol. The van der Waals surface area contributed by atoms with Gasteiger partial charge < -0.3 is 19.5 Å². The Balaban J connectivity index is 1.76. The third-order valence-corrected chi connectivity index (χ3v) is 7.89. The van der Waals surface area contributed by atoms with Gasteiger partial charge in [0.2, 0.25) is 7.37 Å². The van der Waals surface area contributed by atoms with Crippen molar-refractivity contribution in [3.63, 3.8) is 0 Å². The van der Waals surface area contributed by atoms with Crippen LogP contribution in [0.3, 0.4) is 0 Å². The van der Waals surface area contributed by atoms with Crippen molar-refractivity contribution in [2.45, 2.75) is 46.6 Å². The number of nitrogens with one attached hydrogen (secondary N) is 1. The standard InChI is InChI=1S/C26H33N2O4P/c1-17-14-19(18(2)27-21-8-6-7-9-23(21)33(5,30)31)25-20(15-17)22(29)16-24(32-25)28-12-10-26(3,4)11-13-28/h6-9,14-16,18,27H,10-13H2,1-5H3,(H,30,31)/t18-/m1/s1. The Morgan fingerprint density at radius 1 is 1.15 bits per heavy atom. The zero-order valence-electron chi connectivity index (χ0n) is 20.0. The van der Waals surface area contributed by atoms with E-state index in [2.05, 4.69) is 24.1 Å². The summed E-state index contributed by atoms with van der Waals surface area (Å²) >= 11 is 0. The van der Waals surface area contributed by atoms with Crippen LogP contribution in [0, 0.1) is 12.3 Å². The molecule has 1 aliphatic heterocycles. The molecular formula is C26H33N2O4P. The fraction of sp³-hybridized carbons (Fsp3) is 0.423. The van der Waals surface area contributed by atoms with Crippen LogP contribution in [-0.2, 0) is 4.57 Å². The van der Waals surface area contributed by atoms with Gasteiger partial charge in [-0.15, -0.1) is 0 Å². The molecule has 33 heavy (non-hydrogen) atoms. The van der Waals surface area contributed by atoms with Gasteiger partial charge in [0.25, 0.3) is 0 Å². The number of nitrogens with zero attached hydrogens (tertiary/aromatic N) is 1. The molecule has 0 spiro atoms. The van der Waals surface area contributed by atoms with Crippen LogP contribution in [-0.4, -0.2) is 24.6 Å². The van der Waals surface area contributed by atoms with Crippen molar-refractivity contribution in [2.75, 3.05) is 30.0 Å². The van der Waals surface area contributed by atoms with E-state index in [1.165, 1.54) is 6.66 Å². The lowest BCUT2D eigenvalue weighted by molar-refractivity contribution is 0.274. The molecule has 2 aromatic carbocycles. The second-order valence-electron chi connectivity index (χ2n) is 10.1. The van der Waals surface area contributed by atoms with Crippen molar-refractivity contribution in [1.29, 1.82) is 0 Å². The fourth-order valence-electron chi connectivity index (χ4n) is 4.50. The van der Waals surface area contributed by atoms with Crippen LogP contribution in [0.2, 0.25) is 0 Å². The molecule has 6 nitrogen and oxygen atoms in total. The van der Waals surface area contributed by atoms with Gasteiger partial charge in [-0.1, -0.05) is 32.0 Å². The van der Waals surface area contributed by atoms with Crippen molar-refractivity contribution in [1.82, 2.24) is 0 Å². The van der Waals surface area contributed by atoms with E-state index in [0.29, 0.717) is 33.3 Å². The molecule has 0 bridgehead atoms. The summed E-state index contributed by atoms with van der Waals surface area (Å²) in [6.07, 6.45) is 2.09. The molecule has 2 N–H and O–H groups in total. The first-order chi connectivity index (χ1) is 15.4. The average molecular weight is 469 g/mol. The van der Waals surface area contributed by atoms with Crippen LogP contribution in [0.4, 0.5) is 11.6 Å². The number of rotatable bonds is 5. The van der Waals surface area contributed by atoms with Gasteiger partial charge in [0.1, 0.15) is 5.58 Å². The SMILES string of the molecule is Cc1cc([C@@H](C)Nc2ccccc2P(C)(=O)O)c2oc(N3CCC(C)(C)CC3)cc(=O)c2c1. The molecule has 1 unspecified atom stereocenters. The molecule has 0 aliphatic carbocycles. The summed E-state index contributed by atoms with van der Waals surface area (Å²) < 4.78 is 18.8. The van der Waals surface area contributed by atoms with E-state index in [0.717, 1.165) is 37.1 Å². The van der Waals surface area contributed by atoms with Crippen LogP contribution in [0.25, 0.3) is 11.0 Å². The van der Waals surface area contributed by atoms with Crippen molar-refractivity contribution in [3.05, 3.63) is 63.8 Å². The highest BCUT2D eigenvalue weighted by Crippen LogP contribution is 2.38. The summed E-state index contributed by atoms with van der Waals surface area (Å²) in [6.45, 7) is 11.5. The maximum atomic E-state index is 13.1. The van der Waals surface area contributed by atoms with Crippen molar-refractivity contribution < 1.29 is 13.9 Å². The lowest BCUT2D eigenvalue weighted by atomic mass is 9.83. The number of para-hydroxylation sites is 1. The van der Waals surface area contributed by atoms with Crippen molar-refractivity contribution in [3.8, 4) is 0 Å². The Kier molecular flexibility index (Phi) is 6.19. The van der Waals surface area contributed by atoms with Gasteiger partial charge in [-0.25, -0.2) is 0 Å². The summed E-state index contributed by atoms with van der Waals surface area (Å²) in [4.78, 5) is 25.4. The van der Waals surface area contributed by atoms with Gasteiger partial charge in [0.15, 0.2) is 11.3 Å². The predicted octanol–water partition coefficient (Wildman–Crippen LogP) is 5.43. The van der Waals surface area contributed by atoms with Crippen LogP contribution >= 0.6 is 7.37 Å². The van der Waals surface area contributed by atoms with Crippen molar-refractivity contribution in [2.24, 2.45) is 5.41 Å². The molecule has 1 aromatic heterocycles. The maximum Gasteiger partial charge on any atom is 0.228 e. The van der Waals surface area contributed by atoms with Crippen LogP contribution in [0.1, 0.15) is 50.8 Å². The van der Waals surface area contributed by atoms with Gasteiger partial charge >= 0.3 is 0 Å². The maximum absolute atomic E-state index is 13.1. The number of benzene rings is 2. The molecule has 2 atom stereocenters. The molecule has 0 radical (unpaired) electrons. The van der Waals surface area contributed by atoms with E-state index in [4.69, 9.17) is 4.42 Å². The molecule has 0 saturated carbocycles. The number of anilines is 2. The Morgan fingerprint density at radius 2 is 1.82 bits per heavy atom.